The molecule has 82 valence electrons. The number of aromatic nitrogens is 2. The minimum absolute atomic E-state index is 0.00232. The molecule has 3 nitrogen and oxygen atoms in total. The fourth-order valence-corrected chi connectivity index (χ4v) is 1.99. The first-order valence-corrected chi connectivity index (χ1v) is 5.79. The summed E-state index contributed by atoms with van der Waals surface area (Å²) in [6.45, 7) is 0.487. The quantitative estimate of drug-likeness (QED) is 0.854. The molecule has 0 saturated heterocycles. The van der Waals surface area contributed by atoms with Crippen LogP contribution in [0.1, 0.15) is 5.56 Å². The molecule has 0 atom stereocenters. The number of hydrogen-bond donors (Lipinski definition) is 0. The minimum atomic E-state index is -0.274. The van der Waals surface area contributed by atoms with Gasteiger partial charge in [0.1, 0.15) is 0 Å². The van der Waals surface area contributed by atoms with Gasteiger partial charge in [-0.05, 0) is 17.7 Å². The second kappa shape index (κ2) is 4.80. The lowest BCUT2D eigenvalue weighted by Crippen LogP contribution is -2.21. The Hall–Kier alpha value is -1.13. The number of hydrogen-bond acceptors (Lipinski definition) is 2. The lowest BCUT2D eigenvalue weighted by molar-refractivity contribution is 0.748. The fourth-order valence-electron chi connectivity index (χ4n) is 1.38. The lowest BCUT2D eigenvalue weighted by Gasteiger charge is -2.05. The molecule has 16 heavy (non-hydrogen) atoms. The van der Waals surface area contributed by atoms with E-state index in [1.807, 2.05) is 24.3 Å². The van der Waals surface area contributed by atoms with Crippen LogP contribution in [0.15, 0.2) is 45.9 Å². The van der Waals surface area contributed by atoms with E-state index in [1.54, 1.807) is 6.20 Å². The third kappa shape index (κ3) is 2.51. The molecule has 1 aromatic carbocycles. The van der Waals surface area contributed by atoms with Gasteiger partial charge in [-0.25, -0.2) is 4.98 Å². The van der Waals surface area contributed by atoms with Gasteiger partial charge in [-0.1, -0.05) is 39.7 Å². The summed E-state index contributed by atoms with van der Waals surface area (Å²) in [5.74, 6) is 0. The van der Waals surface area contributed by atoms with Crippen LogP contribution in [-0.4, -0.2) is 9.55 Å². The number of benzene rings is 1. The van der Waals surface area contributed by atoms with Gasteiger partial charge in [0.25, 0.3) is 5.56 Å². The van der Waals surface area contributed by atoms with Crippen molar-refractivity contribution in [2.45, 2.75) is 6.54 Å². The largest absolute Gasteiger partial charge is 0.307 e. The molecule has 0 aliphatic carbocycles. The summed E-state index contributed by atoms with van der Waals surface area (Å²) in [7, 11) is 0. The molecule has 1 aromatic heterocycles. The zero-order chi connectivity index (χ0) is 11.5. The van der Waals surface area contributed by atoms with Crippen LogP contribution in [0.2, 0.25) is 5.15 Å². The summed E-state index contributed by atoms with van der Waals surface area (Å²) in [6, 6.07) is 7.77. The molecule has 2 rings (SSSR count). The molecular weight excluding hydrogens is 291 g/mol. The first-order valence-electron chi connectivity index (χ1n) is 4.62. The second-order valence-electron chi connectivity index (χ2n) is 3.28. The maximum atomic E-state index is 11.6. The molecule has 0 amide bonds. The normalized spacial score (nSPS) is 10.4. The van der Waals surface area contributed by atoms with Gasteiger partial charge in [-0.15, -0.1) is 0 Å². The van der Waals surface area contributed by atoms with Crippen molar-refractivity contribution in [1.82, 2.24) is 9.55 Å². The Morgan fingerprint density at radius 3 is 3.00 bits per heavy atom. The Kier molecular flexibility index (Phi) is 3.41. The Balaban J connectivity index is 2.34. The van der Waals surface area contributed by atoms with Gasteiger partial charge >= 0.3 is 0 Å². The molecule has 2 aromatic rings. The highest BCUT2D eigenvalue weighted by Gasteiger charge is 2.02. The summed E-state index contributed by atoms with van der Waals surface area (Å²) in [4.78, 5) is 15.3. The van der Waals surface area contributed by atoms with E-state index >= 15 is 0 Å². The van der Waals surface area contributed by atoms with E-state index in [9.17, 15) is 4.79 Å². The highest BCUT2D eigenvalue weighted by atomic mass is 79.9. The predicted octanol–water partition coefficient (Wildman–Crippen LogP) is 2.71. The van der Waals surface area contributed by atoms with Crippen LogP contribution in [0.25, 0.3) is 0 Å². The van der Waals surface area contributed by atoms with Gasteiger partial charge in [0.05, 0.1) is 6.54 Å². The smallest absolute Gasteiger partial charge is 0.288 e. The molecule has 0 spiro atoms. The van der Waals surface area contributed by atoms with Crippen LogP contribution in [0.5, 0.6) is 0 Å². The molecular formula is C11H8BrClN2O. The average Bonchev–Trinajstić information content (AvgIpc) is 2.25. The summed E-state index contributed by atoms with van der Waals surface area (Å²) in [5.41, 5.74) is 0.753. The monoisotopic (exact) mass is 298 g/mol. The van der Waals surface area contributed by atoms with Crippen molar-refractivity contribution in [1.29, 1.82) is 0 Å². The fraction of sp³-hybridized carbons (Fsp3) is 0.0909. The van der Waals surface area contributed by atoms with Gasteiger partial charge in [-0.3, -0.25) is 4.79 Å². The van der Waals surface area contributed by atoms with Crippen molar-refractivity contribution in [3.05, 3.63) is 62.2 Å². The molecule has 0 unspecified atom stereocenters. The van der Waals surface area contributed by atoms with Crippen molar-refractivity contribution in [3.8, 4) is 0 Å². The molecule has 0 radical (unpaired) electrons. The van der Waals surface area contributed by atoms with Crippen LogP contribution in [-0.2, 0) is 6.54 Å². The molecule has 5 heteroatoms. The van der Waals surface area contributed by atoms with Crippen molar-refractivity contribution in [2.75, 3.05) is 0 Å². The molecule has 0 aliphatic rings. The summed E-state index contributed by atoms with van der Waals surface area (Å²) >= 11 is 9.04. The van der Waals surface area contributed by atoms with Crippen LogP contribution in [0.4, 0.5) is 0 Å². The van der Waals surface area contributed by atoms with Crippen LogP contribution in [0.3, 0.4) is 0 Å². The van der Waals surface area contributed by atoms with Gasteiger partial charge in [0, 0.05) is 16.9 Å². The van der Waals surface area contributed by atoms with Crippen molar-refractivity contribution in [3.63, 3.8) is 0 Å². The molecule has 0 bridgehead atoms. The average molecular weight is 300 g/mol. The summed E-state index contributed by atoms with van der Waals surface area (Å²) in [5, 5.41) is -0.00232. The van der Waals surface area contributed by atoms with E-state index in [1.165, 1.54) is 10.8 Å². The number of rotatable bonds is 2. The predicted molar refractivity (Wildman–Crippen MR) is 66.8 cm³/mol. The molecule has 0 fully saturated rings. The molecule has 0 saturated carbocycles. The van der Waals surface area contributed by atoms with Crippen molar-refractivity contribution >= 4 is 27.5 Å². The zero-order valence-corrected chi connectivity index (χ0v) is 10.6. The Labute approximate surface area is 106 Å². The third-order valence-corrected chi connectivity index (χ3v) is 2.87. The molecule has 0 N–H and O–H groups in total. The van der Waals surface area contributed by atoms with Gasteiger partial charge in [-0.2, -0.15) is 0 Å². The number of nitrogens with zero attached hydrogens (tertiary/aromatic N) is 2. The Morgan fingerprint density at radius 2 is 2.25 bits per heavy atom. The topological polar surface area (TPSA) is 34.9 Å². The van der Waals surface area contributed by atoms with E-state index in [-0.39, 0.29) is 10.7 Å². The first-order chi connectivity index (χ1) is 7.66. The number of halogens is 2. The maximum Gasteiger partial charge on any atom is 0.288 e. The molecule has 1 heterocycles. The highest BCUT2D eigenvalue weighted by Crippen LogP contribution is 2.12. The zero-order valence-electron chi connectivity index (χ0n) is 8.23. The highest BCUT2D eigenvalue weighted by molar-refractivity contribution is 9.10. The summed E-state index contributed by atoms with van der Waals surface area (Å²) < 4.78 is 2.51. The van der Waals surface area contributed by atoms with Gasteiger partial charge < -0.3 is 4.57 Å². The van der Waals surface area contributed by atoms with Crippen LogP contribution < -0.4 is 5.56 Å². The molecule has 0 aliphatic heterocycles. The first kappa shape index (κ1) is 11.4. The SMILES string of the molecule is O=c1c(Cl)nccn1Cc1cccc(Br)c1. The second-order valence-corrected chi connectivity index (χ2v) is 4.55. The summed E-state index contributed by atoms with van der Waals surface area (Å²) in [6.07, 6.45) is 3.14. The van der Waals surface area contributed by atoms with E-state index in [4.69, 9.17) is 11.6 Å². The standard InChI is InChI=1S/C11H8BrClN2O/c12-9-3-1-2-8(6-9)7-15-5-4-14-10(13)11(15)16/h1-6H,7H2. The lowest BCUT2D eigenvalue weighted by atomic mass is 10.2. The maximum absolute atomic E-state index is 11.6. The van der Waals surface area contributed by atoms with Crippen molar-refractivity contribution < 1.29 is 0 Å². The van der Waals surface area contributed by atoms with E-state index in [0.717, 1.165) is 10.0 Å². The van der Waals surface area contributed by atoms with Gasteiger partial charge in [0.2, 0.25) is 0 Å². The van der Waals surface area contributed by atoms with Crippen molar-refractivity contribution in [2.24, 2.45) is 0 Å². The minimum Gasteiger partial charge on any atom is -0.307 e. The Bertz CT molecular complexity index is 568. The van der Waals surface area contributed by atoms with E-state index in [2.05, 4.69) is 20.9 Å². The van der Waals surface area contributed by atoms with E-state index < -0.39 is 0 Å². The van der Waals surface area contributed by atoms with Gasteiger partial charge in [0.15, 0.2) is 5.15 Å². The van der Waals surface area contributed by atoms with Crippen LogP contribution in [0, 0.1) is 0 Å². The van der Waals surface area contributed by atoms with E-state index in [0.29, 0.717) is 6.54 Å². The van der Waals surface area contributed by atoms with Crippen LogP contribution >= 0.6 is 27.5 Å². The third-order valence-electron chi connectivity index (χ3n) is 2.11. The Morgan fingerprint density at radius 1 is 1.44 bits per heavy atom.